The molecule has 0 amide bonds. The average Bonchev–Trinajstić information content (AvgIpc) is 2.42. The van der Waals surface area contributed by atoms with Crippen molar-refractivity contribution in [1.29, 1.82) is 0 Å². The van der Waals surface area contributed by atoms with E-state index in [1.54, 1.807) is 18.7 Å². The number of thioether (sulfide) groups is 1. The molecule has 22 heavy (non-hydrogen) atoms. The van der Waals surface area contributed by atoms with Crippen LogP contribution >= 0.6 is 11.8 Å². The average molecular weight is 326 g/mol. The second kappa shape index (κ2) is 12.5. The third kappa shape index (κ3) is 12.7. The van der Waals surface area contributed by atoms with Gasteiger partial charge in [0.2, 0.25) is 6.04 Å². The van der Waals surface area contributed by atoms with Gasteiger partial charge >= 0.3 is 0 Å². The van der Waals surface area contributed by atoms with Gasteiger partial charge in [0.05, 0.1) is 5.75 Å². The Labute approximate surface area is 140 Å². The highest BCUT2D eigenvalue weighted by Crippen LogP contribution is 2.13. The summed E-state index contributed by atoms with van der Waals surface area (Å²) in [6.07, 6.45) is 11.2. The van der Waals surface area contributed by atoms with E-state index in [9.17, 15) is 10.1 Å². The summed E-state index contributed by atoms with van der Waals surface area (Å²) in [4.78, 5) is 10.3. The normalized spacial score (nSPS) is 13.9. The van der Waals surface area contributed by atoms with Crippen LogP contribution in [-0.4, -0.2) is 22.5 Å². The van der Waals surface area contributed by atoms with E-state index in [-0.39, 0.29) is 4.92 Å². The molecule has 0 spiro atoms. The van der Waals surface area contributed by atoms with Crippen LogP contribution in [0.25, 0.3) is 0 Å². The predicted octanol–water partition coefficient (Wildman–Crippen LogP) is 5.80. The van der Waals surface area contributed by atoms with Gasteiger partial charge in [-0.3, -0.25) is 10.1 Å². The van der Waals surface area contributed by atoms with Crippen molar-refractivity contribution in [1.82, 2.24) is 0 Å². The van der Waals surface area contributed by atoms with Gasteiger partial charge in [0.1, 0.15) is 0 Å². The molecular weight excluding hydrogens is 294 g/mol. The highest BCUT2D eigenvalue weighted by Gasteiger charge is 2.11. The number of rotatable bonds is 11. The Morgan fingerprint density at radius 1 is 1.05 bits per heavy atom. The Morgan fingerprint density at radius 3 is 2.14 bits per heavy atom. The molecular formula is C18H31NO2S. The smallest absolute Gasteiger partial charge is 0.219 e. The number of nitrogens with zero attached hydrogens (tertiary/aromatic N) is 1. The molecule has 0 aromatic rings. The Bertz CT molecular complexity index is 421. The predicted molar refractivity (Wildman–Crippen MR) is 99.2 cm³/mol. The van der Waals surface area contributed by atoms with E-state index in [0.717, 1.165) is 31.4 Å². The number of hydrogen-bond donors (Lipinski definition) is 0. The Kier molecular flexibility index (Phi) is 11.9. The van der Waals surface area contributed by atoms with Crippen LogP contribution in [0.4, 0.5) is 0 Å². The molecule has 0 heterocycles. The minimum Gasteiger partial charge on any atom is -0.264 e. The first-order valence-corrected chi connectivity index (χ1v) is 9.14. The van der Waals surface area contributed by atoms with E-state index in [4.69, 9.17) is 0 Å². The zero-order valence-corrected chi connectivity index (χ0v) is 15.5. The highest BCUT2D eigenvalue weighted by molar-refractivity contribution is 7.99. The van der Waals surface area contributed by atoms with Crippen molar-refractivity contribution >= 4 is 11.8 Å². The molecule has 0 aliphatic carbocycles. The molecule has 0 rings (SSSR count). The summed E-state index contributed by atoms with van der Waals surface area (Å²) in [6.45, 7) is 10.3. The molecule has 0 aliphatic rings. The molecule has 0 aromatic heterocycles. The van der Waals surface area contributed by atoms with Crippen LogP contribution < -0.4 is 0 Å². The van der Waals surface area contributed by atoms with Crippen molar-refractivity contribution in [2.75, 3.05) is 11.5 Å². The summed E-state index contributed by atoms with van der Waals surface area (Å²) >= 11 is 1.63. The minimum atomic E-state index is -0.454. The molecule has 126 valence electrons. The molecule has 1 atom stereocenters. The fourth-order valence-electron chi connectivity index (χ4n) is 1.84. The van der Waals surface area contributed by atoms with Crippen LogP contribution in [0, 0.1) is 10.1 Å². The highest BCUT2D eigenvalue weighted by atomic mass is 32.2. The van der Waals surface area contributed by atoms with Crippen molar-refractivity contribution in [3.63, 3.8) is 0 Å². The first kappa shape index (κ1) is 21.0. The first-order chi connectivity index (χ1) is 10.3. The number of allylic oxidation sites excluding steroid dienone is 5. The van der Waals surface area contributed by atoms with Gasteiger partial charge in [-0.2, -0.15) is 11.8 Å². The van der Waals surface area contributed by atoms with Crippen LogP contribution in [0.15, 0.2) is 34.9 Å². The zero-order chi connectivity index (χ0) is 17.0. The molecule has 0 saturated heterocycles. The standard InChI is InChI=1S/C18H31NO2S/c1-15(2)8-6-9-16(3)10-7-11-17(4)12-13-22-14-18(5)19(20)21/h8,10,12,18H,6-7,9,11,13-14H2,1-5H3. The second-order valence-electron chi connectivity index (χ2n) is 6.13. The quantitative estimate of drug-likeness (QED) is 0.208. The second-order valence-corrected chi connectivity index (χ2v) is 7.21. The summed E-state index contributed by atoms with van der Waals surface area (Å²) in [7, 11) is 0. The van der Waals surface area contributed by atoms with Crippen molar-refractivity contribution < 1.29 is 4.92 Å². The van der Waals surface area contributed by atoms with Crippen LogP contribution in [0.2, 0.25) is 0 Å². The SMILES string of the molecule is CC(C)=CCCC(C)=CCCC(C)=CCSCC(C)[N+](=O)[O-]. The monoisotopic (exact) mass is 325 g/mol. The van der Waals surface area contributed by atoms with E-state index in [1.807, 2.05) is 0 Å². The molecule has 0 aliphatic heterocycles. The Hall–Kier alpha value is -1.03. The van der Waals surface area contributed by atoms with Crippen molar-refractivity contribution in [3.8, 4) is 0 Å². The summed E-state index contributed by atoms with van der Waals surface area (Å²) in [5, 5.41) is 10.5. The number of nitro groups is 1. The molecule has 0 N–H and O–H groups in total. The van der Waals surface area contributed by atoms with Gasteiger partial charge in [0.25, 0.3) is 0 Å². The van der Waals surface area contributed by atoms with Crippen LogP contribution in [0.5, 0.6) is 0 Å². The molecule has 4 heteroatoms. The van der Waals surface area contributed by atoms with Gasteiger partial charge in [-0.05, 0) is 53.4 Å². The summed E-state index contributed by atoms with van der Waals surface area (Å²) in [5.74, 6) is 1.45. The summed E-state index contributed by atoms with van der Waals surface area (Å²) in [5.41, 5.74) is 4.21. The van der Waals surface area contributed by atoms with Crippen molar-refractivity contribution in [3.05, 3.63) is 45.1 Å². The van der Waals surface area contributed by atoms with E-state index in [2.05, 4.69) is 45.9 Å². The Balaban J connectivity index is 3.87. The largest absolute Gasteiger partial charge is 0.264 e. The lowest BCUT2D eigenvalue weighted by Gasteiger charge is -2.03. The fraction of sp³-hybridized carbons (Fsp3) is 0.667. The van der Waals surface area contributed by atoms with E-state index in [1.165, 1.54) is 16.7 Å². The summed E-state index contributed by atoms with van der Waals surface area (Å²) < 4.78 is 0. The molecule has 3 nitrogen and oxygen atoms in total. The van der Waals surface area contributed by atoms with Crippen molar-refractivity contribution in [2.24, 2.45) is 0 Å². The summed E-state index contributed by atoms with van der Waals surface area (Å²) in [6, 6.07) is -0.454. The molecule has 0 aromatic carbocycles. The third-order valence-corrected chi connectivity index (χ3v) is 4.51. The molecule has 0 radical (unpaired) electrons. The zero-order valence-electron chi connectivity index (χ0n) is 14.7. The van der Waals surface area contributed by atoms with Crippen LogP contribution in [0.1, 0.15) is 60.3 Å². The van der Waals surface area contributed by atoms with Crippen LogP contribution in [-0.2, 0) is 0 Å². The third-order valence-electron chi connectivity index (χ3n) is 3.39. The maximum absolute atomic E-state index is 10.5. The van der Waals surface area contributed by atoms with Crippen molar-refractivity contribution in [2.45, 2.75) is 66.3 Å². The van der Waals surface area contributed by atoms with Gasteiger partial charge in [0.15, 0.2) is 0 Å². The van der Waals surface area contributed by atoms with E-state index < -0.39 is 6.04 Å². The maximum Gasteiger partial charge on any atom is 0.219 e. The van der Waals surface area contributed by atoms with Gasteiger partial charge < -0.3 is 0 Å². The molecule has 1 unspecified atom stereocenters. The van der Waals surface area contributed by atoms with Gasteiger partial charge in [-0.25, -0.2) is 0 Å². The molecule has 0 fully saturated rings. The Morgan fingerprint density at radius 2 is 1.59 bits per heavy atom. The van der Waals surface area contributed by atoms with Gasteiger partial charge in [0, 0.05) is 17.6 Å². The molecule has 0 saturated carbocycles. The maximum atomic E-state index is 10.5. The minimum absolute atomic E-state index is 0.216. The lowest BCUT2D eigenvalue weighted by atomic mass is 10.1. The van der Waals surface area contributed by atoms with Gasteiger partial charge in [-0.15, -0.1) is 0 Å². The lowest BCUT2D eigenvalue weighted by molar-refractivity contribution is -0.511. The van der Waals surface area contributed by atoms with Gasteiger partial charge in [-0.1, -0.05) is 34.9 Å². The molecule has 0 bridgehead atoms. The fourth-order valence-corrected chi connectivity index (χ4v) is 2.84. The van der Waals surface area contributed by atoms with E-state index >= 15 is 0 Å². The van der Waals surface area contributed by atoms with Crippen LogP contribution in [0.3, 0.4) is 0 Å². The van der Waals surface area contributed by atoms with E-state index in [0.29, 0.717) is 5.75 Å². The first-order valence-electron chi connectivity index (χ1n) is 7.98. The lowest BCUT2D eigenvalue weighted by Crippen LogP contribution is -2.17. The number of hydrogen-bond acceptors (Lipinski definition) is 3. The topological polar surface area (TPSA) is 43.1 Å².